The van der Waals surface area contributed by atoms with E-state index in [-0.39, 0.29) is 18.4 Å². The SMILES string of the molecule is COC(CN)CC(=O)NC(C)(C)c1ccc(Cl)c(Cl)c1. The van der Waals surface area contributed by atoms with Gasteiger partial charge in [-0.05, 0) is 31.5 Å². The molecule has 1 aromatic carbocycles. The molecule has 1 unspecified atom stereocenters. The highest BCUT2D eigenvalue weighted by Gasteiger charge is 2.24. The highest BCUT2D eigenvalue weighted by atomic mass is 35.5. The molecule has 0 aromatic heterocycles. The summed E-state index contributed by atoms with van der Waals surface area (Å²) in [4.78, 5) is 12.0. The van der Waals surface area contributed by atoms with Crippen LogP contribution in [0.2, 0.25) is 10.0 Å². The van der Waals surface area contributed by atoms with Crippen LogP contribution in [0.5, 0.6) is 0 Å². The van der Waals surface area contributed by atoms with Crippen molar-refractivity contribution in [2.24, 2.45) is 5.73 Å². The predicted molar refractivity (Wildman–Crippen MR) is 82.1 cm³/mol. The first-order valence-electron chi connectivity index (χ1n) is 6.29. The predicted octanol–water partition coefficient (Wildman–Crippen LogP) is 2.71. The number of amides is 1. The van der Waals surface area contributed by atoms with E-state index in [0.29, 0.717) is 16.6 Å². The number of benzene rings is 1. The van der Waals surface area contributed by atoms with Gasteiger partial charge < -0.3 is 15.8 Å². The third-order valence-electron chi connectivity index (χ3n) is 3.10. The molecule has 0 aliphatic rings. The molecule has 0 saturated heterocycles. The van der Waals surface area contributed by atoms with Crippen LogP contribution in [0.4, 0.5) is 0 Å². The van der Waals surface area contributed by atoms with Crippen molar-refractivity contribution >= 4 is 29.1 Å². The van der Waals surface area contributed by atoms with Crippen LogP contribution >= 0.6 is 23.2 Å². The summed E-state index contributed by atoms with van der Waals surface area (Å²) in [6.07, 6.45) is -0.0582. The van der Waals surface area contributed by atoms with Crippen molar-refractivity contribution in [2.75, 3.05) is 13.7 Å². The monoisotopic (exact) mass is 318 g/mol. The maximum atomic E-state index is 12.0. The van der Waals surface area contributed by atoms with Crippen LogP contribution in [0.15, 0.2) is 18.2 Å². The Balaban J connectivity index is 2.78. The summed E-state index contributed by atoms with van der Waals surface area (Å²) in [6.45, 7) is 4.10. The number of rotatable bonds is 6. The van der Waals surface area contributed by atoms with Gasteiger partial charge in [-0.3, -0.25) is 4.79 Å². The van der Waals surface area contributed by atoms with Gasteiger partial charge in [0.2, 0.25) is 5.91 Å². The maximum Gasteiger partial charge on any atom is 0.223 e. The molecular formula is C14H20Cl2N2O2. The molecule has 0 radical (unpaired) electrons. The van der Waals surface area contributed by atoms with Crippen molar-refractivity contribution in [1.82, 2.24) is 5.32 Å². The Kier molecular flexibility index (Phi) is 6.27. The molecule has 1 aromatic rings. The summed E-state index contributed by atoms with van der Waals surface area (Å²) in [6, 6.07) is 5.30. The average molecular weight is 319 g/mol. The van der Waals surface area contributed by atoms with E-state index >= 15 is 0 Å². The lowest BCUT2D eigenvalue weighted by atomic mass is 9.94. The summed E-state index contributed by atoms with van der Waals surface area (Å²) in [5, 5.41) is 3.89. The van der Waals surface area contributed by atoms with Gasteiger partial charge in [0.1, 0.15) is 0 Å². The maximum absolute atomic E-state index is 12.0. The number of hydrogen-bond acceptors (Lipinski definition) is 3. The fourth-order valence-electron chi connectivity index (χ4n) is 1.83. The minimum atomic E-state index is -0.557. The fraction of sp³-hybridized carbons (Fsp3) is 0.500. The molecule has 20 heavy (non-hydrogen) atoms. The summed E-state index contributed by atoms with van der Waals surface area (Å²) in [7, 11) is 1.54. The third kappa shape index (κ3) is 4.63. The second kappa shape index (κ2) is 7.27. The summed E-state index contributed by atoms with van der Waals surface area (Å²) >= 11 is 11.9. The van der Waals surface area contributed by atoms with Crippen molar-refractivity contribution in [2.45, 2.75) is 31.9 Å². The molecular weight excluding hydrogens is 299 g/mol. The van der Waals surface area contributed by atoms with Crippen LogP contribution in [0.25, 0.3) is 0 Å². The quantitative estimate of drug-likeness (QED) is 0.847. The van der Waals surface area contributed by atoms with E-state index in [4.69, 9.17) is 33.7 Å². The van der Waals surface area contributed by atoms with E-state index in [0.717, 1.165) is 5.56 Å². The van der Waals surface area contributed by atoms with Gasteiger partial charge in [0.05, 0.1) is 28.1 Å². The lowest BCUT2D eigenvalue weighted by molar-refractivity contribution is -0.125. The first kappa shape index (κ1) is 17.2. The Bertz CT molecular complexity index is 474. The van der Waals surface area contributed by atoms with Gasteiger partial charge in [-0.15, -0.1) is 0 Å². The number of nitrogens with two attached hydrogens (primary N) is 1. The van der Waals surface area contributed by atoms with E-state index in [1.807, 2.05) is 19.9 Å². The topological polar surface area (TPSA) is 64.3 Å². The second-order valence-corrected chi connectivity index (χ2v) is 5.91. The molecule has 3 N–H and O–H groups in total. The highest BCUT2D eigenvalue weighted by molar-refractivity contribution is 6.42. The van der Waals surface area contributed by atoms with Crippen LogP contribution < -0.4 is 11.1 Å². The van der Waals surface area contributed by atoms with Gasteiger partial charge >= 0.3 is 0 Å². The van der Waals surface area contributed by atoms with Crippen LogP contribution in [0.3, 0.4) is 0 Å². The Morgan fingerprint density at radius 3 is 2.55 bits per heavy atom. The lowest BCUT2D eigenvalue weighted by Crippen LogP contribution is -2.43. The molecule has 1 rings (SSSR count). The summed E-state index contributed by atoms with van der Waals surface area (Å²) in [5.41, 5.74) is 5.83. The third-order valence-corrected chi connectivity index (χ3v) is 3.84. The van der Waals surface area contributed by atoms with Gasteiger partial charge in [0, 0.05) is 13.7 Å². The van der Waals surface area contributed by atoms with Gasteiger partial charge in [-0.1, -0.05) is 29.3 Å². The van der Waals surface area contributed by atoms with Crippen molar-refractivity contribution in [1.29, 1.82) is 0 Å². The fourth-order valence-corrected chi connectivity index (χ4v) is 2.12. The molecule has 0 saturated carbocycles. The standard InChI is InChI=1S/C14H20Cl2N2O2/c1-14(2,9-4-5-11(15)12(16)6-9)18-13(19)7-10(8-17)20-3/h4-6,10H,7-8,17H2,1-3H3,(H,18,19). The second-order valence-electron chi connectivity index (χ2n) is 5.10. The zero-order valence-electron chi connectivity index (χ0n) is 11.9. The first-order valence-corrected chi connectivity index (χ1v) is 7.05. The van der Waals surface area contributed by atoms with Crippen molar-refractivity contribution < 1.29 is 9.53 Å². The highest BCUT2D eigenvalue weighted by Crippen LogP contribution is 2.28. The molecule has 1 atom stereocenters. The molecule has 0 heterocycles. The van der Waals surface area contributed by atoms with Crippen molar-refractivity contribution in [3.05, 3.63) is 33.8 Å². The zero-order valence-corrected chi connectivity index (χ0v) is 13.4. The summed E-state index contributed by atoms with van der Waals surface area (Å²) in [5.74, 6) is -0.127. The summed E-state index contributed by atoms with van der Waals surface area (Å²) < 4.78 is 5.10. The van der Waals surface area contributed by atoms with Crippen molar-refractivity contribution in [3.8, 4) is 0 Å². The number of hydrogen-bond donors (Lipinski definition) is 2. The largest absolute Gasteiger partial charge is 0.380 e. The molecule has 4 nitrogen and oxygen atoms in total. The van der Waals surface area contributed by atoms with E-state index in [1.54, 1.807) is 12.1 Å². The number of halogens is 2. The number of methoxy groups -OCH3 is 1. The van der Waals surface area contributed by atoms with Gasteiger partial charge in [0.15, 0.2) is 0 Å². The first-order chi connectivity index (χ1) is 9.30. The lowest BCUT2D eigenvalue weighted by Gasteiger charge is -2.28. The Labute approximate surface area is 129 Å². The molecule has 0 aliphatic carbocycles. The molecule has 1 amide bonds. The van der Waals surface area contributed by atoms with Gasteiger partial charge in [-0.25, -0.2) is 0 Å². The minimum absolute atomic E-state index is 0.127. The number of nitrogens with one attached hydrogen (secondary N) is 1. The Morgan fingerprint density at radius 1 is 1.40 bits per heavy atom. The molecule has 0 aliphatic heterocycles. The molecule has 0 spiro atoms. The van der Waals surface area contributed by atoms with E-state index < -0.39 is 5.54 Å². The number of carbonyl (C=O) groups excluding carboxylic acids is 1. The smallest absolute Gasteiger partial charge is 0.223 e. The Morgan fingerprint density at radius 2 is 2.05 bits per heavy atom. The van der Waals surface area contributed by atoms with Crippen LogP contribution in [0, 0.1) is 0 Å². The number of ether oxygens (including phenoxy) is 1. The van der Waals surface area contributed by atoms with Crippen molar-refractivity contribution in [3.63, 3.8) is 0 Å². The zero-order chi connectivity index (χ0) is 15.3. The van der Waals surface area contributed by atoms with Crippen LogP contribution in [-0.2, 0) is 15.1 Å². The van der Waals surface area contributed by atoms with Crippen LogP contribution in [0.1, 0.15) is 25.8 Å². The number of carbonyl (C=O) groups is 1. The van der Waals surface area contributed by atoms with Crippen LogP contribution in [-0.4, -0.2) is 25.7 Å². The molecule has 0 bridgehead atoms. The van der Waals surface area contributed by atoms with E-state index in [2.05, 4.69) is 5.32 Å². The molecule has 6 heteroatoms. The van der Waals surface area contributed by atoms with Gasteiger partial charge in [0.25, 0.3) is 0 Å². The molecule has 0 fully saturated rings. The average Bonchev–Trinajstić information content (AvgIpc) is 2.38. The van der Waals surface area contributed by atoms with E-state index in [9.17, 15) is 4.79 Å². The Hall–Kier alpha value is -0.810. The normalized spacial score (nSPS) is 13.1. The minimum Gasteiger partial charge on any atom is -0.380 e. The van der Waals surface area contributed by atoms with Gasteiger partial charge in [-0.2, -0.15) is 0 Å². The van der Waals surface area contributed by atoms with E-state index in [1.165, 1.54) is 7.11 Å². The molecule has 112 valence electrons.